The summed E-state index contributed by atoms with van der Waals surface area (Å²) in [5, 5.41) is 4.90. The number of terminal acetylenes is 1. The summed E-state index contributed by atoms with van der Waals surface area (Å²) >= 11 is 0. The first-order valence-corrected chi connectivity index (χ1v) is 16.4. The van der Waals surface area contributed by atoms with Gasteiger partial charge in [0.1, 0.15) is 41.4 Å². The van der Waals surface area contributed by atoms with Gasteiger partial charge in [0, 0.05) is 56.9 Å². The summed E-state index contributed by atoms with van der Waals surface area (Å²) in [5.41, 5.74) is -0.598. The van der Waals surface area contributed by atoms with E-state index in [2.05, 4.69) is 37.9 Å². The maximum Gasteiger partial charge on any atom is 0.319 e. The maximum atomic E-state index is 17.0. The summed E-state index contributed by atoms with van der Waals surface area (Å²) in [6, 6.07) is 6.16. The lowest BCUT2D eigenvalue weighted by molar-refractivity contribution is 0.101. The molecule has 48 heavy (non-hydrogen) atoms. The number of alkyl halides is 1. The molecule has 5 heterocycles. The van der Waals surface area contributed by atoms with Crippen LogP contribution in [-0.2, 0) is 4.74 Å². The third-order valence-electron chi connectivity index (χ3n) is 10.3. The first kappa shape index (κ1) is 32.4. The monoisotopic (exact) mass is 660 g/mol. The van der Waals surface area contributed by atoms with Crippen molar-refractivity contribution in [3.63, 3.8) is 0 Å². The van der Waals surface area contributed by atoms with E-state index in [0.29, 0.717) is 66.9 Å². The fraction of sp³-hybridized carbons (Fsp3) is 0.472. The van der Waals surface area contributed by atoms with Gasteiger partial charge in [0.25, 0.3) is 0 Å². The third kappa shape index (κ3) is 5.47. The standard InChI is InChI=1S/C36H39F3N6O3/c1-5-25-28(38)9-8-22-14-24(47-4)15-26(29(22)25)31-30(39)32-27(17-40-31)33(44-13-11-41-35(6-2,19-44)20-46-3)43-34(42-32)48-21-36-10-7-12-45(36)18-23(37)16-36/h1,8-9,14-15,17,23,41H,6-7,10-13,16,18-21H2,2-4H3/t23-,35-,36+/m1/s1. The number of hydrogen-bond donors (Lipinski definition) is 1. The van der Waals surface area contributed by atoms with Gasteiger partial charge in [-0.1, -0.05) is 18.9 Å². The number of ether oxygens (including phenoxy) is 3. The Hall–Kier alpha value is -4.18. The van der Waals surface area contributed by atoms with Gasteiger partial charge in [-0.3, -0.25) is 9.88 Å². The van der Waals surface area contributed by atoms with E-state index in [4.69, 9.17) is 25.6 Å². The molecule has 3 aliphatic rings. The molecule has 0 saturated carbocycles. The van der Waals surface area contributed by atoms with Crippen molar-refractivity contribution in [1.29, 1.82) is 0 Å². The van der Waals surface area contributed by atoms with E-state index in [1.807, 2.05) is 0 Å². The number of nitrogens with one attached hydrogen (secondary N) is 1. The Morgan fingerprint density at radius 2 is 2.00 bits per heavy atom. The summed E-state index contributed by atoms with van der Waals surface area (Å²) in [6.45, 7) is 5.73. The van der Waals surface area contributed by atoms with Gasteiger partial charge >= 0.3 is 6.01 Å². The summed E-state index contributed by atoms with van der Waals surface area (Å²) in [7, 11) is 3.17. The molecule has 1 N–H and O–H groups in total. The lowest BCUT2D eigenvalue weighted by Crippen LogP contribution is -2.62. The van der Waals surface area contributed by atoms with Crippen LogP contribution in [0.3, 0.4) is 0 Å². The first-order chi connectivity index (χ1) is 23.2. The first-order valence-electron chi connectivity index (χ1n) is 16.4. The number of methoxy groups -OCH3 is 2. The van der Waals surface area contributed by atoms with Gasteiger partial charge in [-0.2, -0.15) is 9.97 Å². The van der Waals surface area contributed by atoms with E-state index < -0.39 is 23.3 Å². The van der Waals surface area contributed by atoms with Gasteiger partial charge in [-0.15, -0.1) is 6.42 Å². The zero-order chi connectivity index (χ0) is 33.6. The van der Waals surface area contributed by atoms with Gasteiger partial charge < -0.3 is 24.4 Å². The molecule has 4 aromatic rings. The summed E-state index contributed by atoms with van der Waals surface area (Å²) in [5.74, 6) is 2.00. The third-order valence-corrected chi connectivity index (χ3v) is 10.3. The number of anilines is 1. The predicted octanol–water partition coefficient (Wildman–Crippen LogP) is 5.27. The Morgan fingerprint density at radius 1 is 1.15 bits per heavy atom. The number of nitrogens with zero attached hydrogens (tertiary/aromatic N) is 5. The molecule has 2 aromatic heterocycles. The Bertz CT molecular complexity index is 1920. The summed E-state index contributed by atoms with van der Waals surface area (Å²) in [6.07, 6.45) is 9.30. The molecule has 0 radical (unpaired) electrons. The number of fused-ring (bicyclic) bond motifs is 3. The van der Waals surface area contributed by atoms with E-state index in [1.54, 1.807) is 31.5 Å². The fourth-order valence-electron chi connectivity index (χ4n) is 7.87. The smallest absolute Gasteiger partial charge is 0.319 e. The Morgan fingerprint density at radius 3 is 2.77 bits per heavy atom. The molecule has 12 heteroatoms. The van der Waals surface area contributed by atoms with Crippen LogP contribution in [-0.4, -0.2) is 97.3 Å². The van der Waals surface area contributed by atoms with Gasteiger partial charge in [-0.05, 0) is 49.4 Å². The molecular weight excluding hydrogens is 621 g/mol. The van der Waals surface area contributed by atoms with Crippen LogP contribution in [0.1, 0.15) is 38.2 Å². The minimum Gasteiger partial charge on any atom is -0.497 e. The number of halogens is 3. The van der Waals surface area contributed by atoms with Crippen molar-refractivity contribution in [2.24, 2.45) is 0 Å². The van der Waals surface area contributed by atoms with E-state index in [1.165, 1.54) is 13.2 Å². The predicted molar refractivity (Wildman–Crippen MR) is 178 cm³/mol. The number of piperazine rings is 1. The van der Waals surface area contributed by atoms with Crippen LogP contribution in [0, 0.1) is 24.0 Å². The van der Waals surface area contributed by atoms with E-state index in [9.17, 15) is 8.78 Å². The Kier molecular flexibility index (Phi) is 8.56. The lowest BCUT2D eigenvalue weighted by Gasteiger charge is -2.43. The molecular formula is C36H39F3N6O3. The SMILES string of the molecule is C#Cc1c(F)ccc2cc(OC)cc(-c3ncc4c(N5CCN[C@@](CC)(COC)C5)nc(OC[C@@]56CCCN5C[C@H](F)C6)nc4c3F)c12. The van der Waals surface area contributed by atoms with Crippen molar-refractivity contribution in [3.8, 4) is 35.4 Å². The maximum absolute atomic E-state index is 17.0. The highest BCUT2D eigenvalue weighted by atomic mass is 19.1. The second kappa shape index (κ2) is 12.7. The molecule has 3 atom stereocenters. The van der Waals surface area contributed by atoms with Crippen LogP contribution in [0.25, 0.3) is 32.9 Å². The van der Waals surface area contributed by atoms with Crippen LogP contribution >= 0.6 is 0 Å². The van der Waals surface area contributed by atoms with Crippen LogP contribution in [0.5, 0.6) is 11.8 Å². The highest BCUT2D eigenvalue weighted by molar-refractivity contribution is 6.03. The molecule has 3 saturated heterocycles. The van der Waals surface area contributed by atoms with Crippen LogP contribution < -0.4 is 19.7 Å². The van der Waals surface area contributed by atoms with Gasteiger partial charge in [0.15, 0.2) is 5.82 Å². The minimum atomic E-state index is -0.924. The van der Waals surface area contributed by atoms with E-state index in [0.717, 1.165) is 25.8 Å². The highest BCUT2D eigenvalue weighted by Gasteiger charge is 2.49. The number of pyridine rings is 1. The van der Waals surface area contributed by atoms with Crippen LogP contribution in [0.15, 0.2) is 30.5 Å². The fourth-order valence-corrected chi connectivity index (χ4v) is 7.87. The molecule has 2 aromatic carbocycles. The quantitative estimate of drug-likeness (QED) is 0.242. The van der Waals surface area contributed by atoms with Gasteiger partial charge in [0.2, 0.25) is 0 Å². The molecule has 0 unspecified atom stereocenters. The average Bonchev–Trinajstić information content (AvgIpc) is 3.63. The van der Waals surface area contributed by atoms with E-state index in [-0.39, 0.29) is 40.5 Å². The van der Waals surface area contributed by atoms with E-state index >= 15 is 4.39 Å². The van der Waals surface area contributed by atoms with Gasteiger partial charge in [-0.25, -0.2) is 13.2 Å². The van der Waals surface area contributed by atoms with Crippen molar-refractivity contribution in [3.05, 3.63) is 47.7 Å². The molecule has 3 fully saturated rings. The van der Waals surface area contributed by atoms with Crippen molar-refractivity contribution in [2.45, 2.75) is 49.9 Å². The number of hydrogen-bond acceptors (Lipinski definition) is 9. The number of rotatable bonds is 9. The topological polar surface area (TPSA) is 84.9 Å². The summed E-state index contributed by atoms with van der Waals surface area (Å²) in [4.78, 5) is 18.3. The average molecular weight is 661 g/mol. The van der Waals surface area contributed by atoms with Crippen molar-refractivity contribution < 1.29 is 27.4 Å². The highest BCUT2D eigenvalue weighted by Crippen LogP contribution is 2.42. The zero-order valence-corrected chi connectivity index (χ0v) is 27.4. The Labute approximate surface area is 277 Å². The van der Waals surface area contributed by atoms with Crippen molar-refractivity contribution in [1.82, 2.24) is 25.2 Å². The largest absolute Gasteiger partial charge is 0.497 e. The van der Waals surface area contributed by atoms with Gasteiger partial charge in [0.05, 0.1) is 35.7 Å². The molecule has 252 valence electrons. The van der Waals surface area contributed by atoms with Crippen molar-refractivity contribution in [2.75, 3.05) is 65.1 Å². The number of aromatic nitrogens is 3. The molecule has 7 rings (SSSR count). The molecule has 0 aliphatic carbocycles. The molecule has 0 amide bonds. The number of benzene rings is 2. The zero-order valence-electron chi connectivity index (χ0n) is 27.4. The molecule has 0 spiro atoms. The molecule has 3 aliphatic heterocycles. The Balaban J connectivity index is 1.39. The minimum absolute atomic E-state index is 0.00225. The normalized spacial score (nSPS) is 24.3. The van der Waals surface area contributed by atoms with Crippen molar-refractivity contribution >= 4 is 27.5 Å². The molecule has 0 bridgehead atoms. The lowest BCUT2D eigenvalue weighted by atomic mass is 9.94. The second-order valence-electron chi connectivity index (χ2n) is 13.1. The second-order valence-corrected chi connectivity index (χ2v) is 13.1. The summed E-state index contributed by atoms with van der Waals surface area (Å²) < 4.78 is 63.9. The van der Waals surface area contributed by atoms with Crippen LogP contribution in [0.2, 0.25) is 0 Å². The molecule has 9 nitrogen and oxygen atoms in total. The van der Waals surface area contributed by atoms with Crippen LogP contribution in [0.4, 0.5) is 19.0 Å².